The van der Waals surface area contributed by atoms with E-state index in [0.29, 0.717) is 12.3 Å². The summed E-state index contributed by atoms with van der Waals surface area (Å²) in [6, 6.07) is 14.0. The average molecular weight is 224 g/mol. The van der Waals surface area contributed by atoms with Crippen LogP contribution in [0.3, 0.4) is 0 Å². The first kappa shape index (κ1) is 11.2. The van der Waals surface area contributed by atoms with Crippen molar-refractivity contribution in [3.05, 3.63) is 48.2 Å². The Bertz CT molecular complexity index is 544. The second-order valence-electron chi connectivity index (χ2n) is 3.55. The van der Waals surface area contributed by atoms with Crippen molar-refractivity contribution in [2.45, 2.75) is 6.42 Å². The van der Waals surface area contributed by atoms with Crippen molar-refractivity contribution < 1.29 is 4.74 Å². The van der Waals surface area contributed by atoms with Crippen LogP contribution in [0.2, 0.25) is 0 Å². The van der Waals surface area contributed by atoms with E-state index in [1.165, 1.54) is 0 Å². The highest BCUT2D eigenvalue weighted by Crippen LogP contribution is 2.28. The highest BCUT2D eigenvalue weighted by molar-refractivity contribution is 5.69. The van der Waals surface area contributed by atoms with Crippen LogP contribution >= 0.6 is 0 Å². The highest BCUT2D eigenvalue weighted by atomic mass is 16.5. The van der Waals surface area contributed by atoms with Crippen molar-refractivity contribution >= 4 is 0 Å². The highest BCUT2D eigenvalue weighted by Gasteiger charge is 2.11. The zero-order valence-corrected chi connectivity index (χ0v) is 9.55. The molecule has 1 aromatic heterocycles. The Morgan fingerprint density at radius 3 is 2.65 bits per heavy atom. The van der Waals surface area contributed by atoms with Gasteiger partial charge in [-0.25, -0.2) is 4.98 Å². The molecule has 0 aliphatic carbocycles. The topological polar surface area (TPSA) is 45.9 Å². The van der Waals surface area contributed by atoms with Crippen molar-refractivity contribution in [2.75, 3.05) is 7.11 Å². The fourth-order valence-corrected chi connectivity index (χ4v) is 1.79. The van der Waals surface area contributed by atoms with Gasteiger partial charge in [0.15, 0.2) is 0 Å². The van der Waals surface area contributed by atoms with E-state index in [1.54, 1.807) is 13.3 Å². The predicted octanol–water partition coefficient (Wildman–Crippen LogP) is 2.82. The first-order valence-corrected chi connectivity index (χ1v) is 5.31. The number of ether oxygens (including phenoxy) is 1. The van der Waals surface area contributed by atoms with Gasteiger partial charge in [-0.1, -0.05) is 30.3 Å². The lowest BCUT2D eigenvalue weighted by Gasteiger charge is -2.10. The number of hydrogen-bond donors (Lipinski definition) is 0. The van der Waals surface area contributed by atoms with Crippen LogP contribution in [0.1, 0.15) is 5.56 Å². The average Bonchev–Trinajstić information content (AvgIpc) is 2.40. The van der Waals surface area contributed by atoms with Crippen LogP contribution in [0.15, 0.2) is 42.6 Å². The normalized spacial score (nSPS) is 9.65. The summed E-state index contributed by atoms with van der Waals surface area (Å²) >= 11 is 0. The number of rotatable bonds is 3. The fourth-order valence-electron chi connectivity index (χ4n) is 1.79. The molecular formula is C14H12N2O. The molecule has 0 radical (unpaired) electrons. The largest absolute Gasteiger partial charge is 0.481 e. The zero-order chi connectivity index (χ0) is 12.1. The molecule has 1 aromatic carbocycles. The first-order valence-electron chi connectivity index (χ1n) is 5.31. The van der Waals surface area contributed by atoms with Crippen LogP contribution in [0.5, 0.6) is 5.88 Å². The van der Waals surface area contributed by atoms with E-state index in [9.17, 15) is 0 Å². The number of hydrogen-bond acceptors (Lipinski definition) is 3. The monoisotopic (exact) mass is 224 g/mol. The maximum atomic E-state index is 8.88. The molecular weight excluding hydrogens is 212 g/mol. The summed E-state index contributed by atoms with van der Waals surface area (Å²) in [6.07, 6.45) is 1.99. The summed E-state index contributed by atoms with van der Waals surface area (Å²) in [4.78, 5) is 4.13. The molecule has 0 bridgehead atoms. The quantitative estimate of drug-likeness (QED) is 0.805. The smallest absolute Gasteiger partial charge is 0.217 e. The standard InChI is InChI=1S/C14H12N2O/c1-17-14-13(7-9-15)12(8-10-16-14)11-5-3-2-4-6-11/h2-6,8,10H,7H2,1H3. The second kappa shape index (κ2) is 5.13. The Kier molecular flexibility index (Phi) is 3.37. The van der Waals surface area contributed by atoms with E-state index in [0.717, 1.165) is 16.7 Å². The van der Waals surface area contributed by atoms with Gasteiger partial charge in [-0.3, -0.25) is 0 Å². The van der Waals surface area contributed by atoms with Gasteiger partial charge in [-0.15, -0.1) is 0 Å². The maximum absolute atomic E-state index is 8.88. The van der Waals surface area contributed by atoms with Gasteiger partial charge in [0.1, 0.15) is 0 Å². The predicted molar refractivity (Wildman–Crippen MR) is 65.5 cm³/mol. The van der Waals surface area contributed by atoms with Gasteiger partial charge in [0.25, 0.3) is 0 Å². The van der Waals surface area contributed by atoms with Crippen molar-refractivity contribution in [1.82, 2.24) is 4.98 Å². The Hall–Kier alpha value is -2.34. The Morgan fingerprint density at radius 2 is 2.00 bits per heavy atom. The van der Waals surface area contributed by atoms with Gasteiger partial charge in [0.2, 0.25) is 5.88 Å². The molecule has 2 aromatic rings. The van der Waals surface area contributed by atoms with E-state index in [4.69, 9.17) is 10.00 Å². The number of nitriles is 1. The zero-order valence-electron chi connectivity index (χ0n) is 9.55. The molecule has 0 unspecified atom stereocenters. The lowest BCUT2D eigenvalue weighted by Crippen LogP contribution is -1.97. The fraction of sp³-hybridized carbons (Fsp3) is 0.143. The van der Waals surface area contributed by atoms with Crippen molar-refractivity contribution in [3.8, 4) is 23.1 Å². The molecule has 84 valence electrons. The molecule has 1 heterocycles. The van der Waals surface area contributed by atoms with Crippen LogP contribution in [-0.2, 0) is 6.42 Å². The summed E-state index contributed by atoms with van der Waals surface area (Å²) in [5.74, 6) is 0.521. The molecule has 0 saturated carbocycles. The van der Waals surface area contributed by atoms with E-state index in [2.05, 4.69) is 11.1 Å². The summed E-state index contributed by atoms with van der Waals surface area (Å²) < 4.78 is 5.20. The van der Waals surface area contributed by atoms with Crippen LogP contribution < -0.4 is 4.74 Å². The third kappa shape index (κ3) is 2.26. The summed E-state index contributed by atoms with van der Waals surface area (Å²) in [6.45, 7) is 0. The molecule has 0 fully saturated rings. The van der Waals surface area contributed by atoms with Crippen molar-refractivity contribution in [2.24, 2.45) is 0 Å². The van der Waals surface area contributed by atoms with E-state index in [1.807, 2.05) is 36.4 Å². The number of methoxy groups -OCH3 is 1. The molecule has 0 spiro atoms. The SMILES string of the molecule is COc1nccc(-c2ccccc2)c1CC#N. The lowest BCUT2D eigenvalue weighted by atomic mass is 10.00. The van der Waals surface area contributed by atoms with E-state index >= 15 is 0 Å². The molecule has 0 aliphatic heterocycles. The maximum Gasteiger partial charge on any atom is 0.217 e. The van der Waals surface area contributed by atoms with Gasteiger partial charge in [0, 0.05) is 11.8 Å². The third-order valence-electron chi connectivity index (χ3n) is 2.55. The van der Waals surface area contributed by atoms with Gasteiger partial charge < -0.3 is 4.74 Å². The van der Waals surface area contributed by atoms with Gasteiger partial charge in [-0.2, -0.15) is 5.26 Å². The van der Waals surface area contributed by atoms with Crippen LogP contribution in [-0.4, -0.2) is 12.1 Å². The molecule has 0 N–H and O–H groups in total. The number of benzene rings is 1. The molecule has 0 amide bonds. The summed E-state index contributed by atoms with van der Waals surface area (Å²) in [7, 11) is 1.57. The second-order valence-corrected chi connectivity index (χ2v) is 3.55. The number of nitrogens with zero attached hydrogens (tertiary/aromatic N) is 2. The van der Waals surface area contributed by atoms with Crippen molar-refractivity contribution in [3.63, 3.8) is 0 Å². The molecule has 0 aliphatic rings. The summed E-state index contributed by atoms with van der Waals surface area (Å²) in [5, 5.41) is 8.88. The summed E-state index contributed by atoms with van der Waals surface area (Å²) in [5.41, 5.74) is 2.90. The molecule has 3 heteroatoms. The minimum atomic E-state index is 0.293. The molecule has 3 nitrogen and oxygen atoms in total. The Morgan fingerprint density at radius 1 is 1.24 bits per heavy atom. The molecule has 0 atom stereocenters. The van der Waals surface area contributed by atoms with Gasteiger partial charge >= 0.3 is 0 Å². The van der Waals surface area contributed by atoms with Crippen LogP contribution in [0.25, 0.3) is 11.1 Å². The Balaban J connectivity index is 2.58. The van der Waals surface area contributed by atoms with Gasteiger partial charge in [-0.05, 0) is 17.2 Å². The number of pyridine rings is 1. The van der Waals surface area contributed by atoms with Crippen LogP contribution in [0, 0.1) is 11.3 Å². The van der Waals surface area contributed by atoms with Crippen LogP contribution in [0.4, 0.5) is 0 Å². The lowest BCUT2D eigenvalue weighted by molar-refractivity contribution is 0.394. The Labute approximate surface area is 100 Å². The molecule has 2 rings (SSSR count). The number of aromatic nitrogens is 1. The minimum absolute atomic E-state index is 0.293. The van der Waals surface area contributed by atoms with Crippen molar-refractivity contribution in [1.29, 1.82) is 5.26 Å². The van der Waals surface area contributed by atoms with Gasteiger partial charge in [0.05, 0.1) is 19.6 Å². The minimum Gasteiger partial charge on any atom is -0.481 e. The third-order valence-corrected chi connectivity index (χ3v) is 2.55. The molecule has 17 heavy (non-hydrogen) atoms. The molecule has 0 saturated heterocycles. The van der Waals surface area contributed by atoms with E-state index < -0.39 is 0 Å². The first-order chi connectivity index (χ1) is 8.36. The van der Waals surface area contributed by atoms with E-state index in [-0.39, 0.29) is 0 Å².